The Morgan fingerprint density at radius 2 is 1.46 bits per heavy atom. The van der Waals surface area contributed by atoms with Crippen molar-refractivity contribution in [2.45, 2.75) is 40.0 Å². The van der Waals surface area contributed by atoms with Crippen LogP contribution in [-0.2, 0) is 5.41 Å². The lowest BCUT2D eigenvalue weighted by Crippen LogP contribution is -2.13. The summed E-state index contributed by atoms with van der Waals surface area (Å²) in [5.74, 6) is 0. The molecule has 0 N–H and O–H groups in total. The van der Waals surface area contributed by atoms with Gasteiger partial charge in [0.05, 0.1) is 22.2 Å². The van der Waals surface area contributed by atoms with Gasteiger partial charge in [-0.15, -0.1) is 0 Å². The molecule has 3 heteroatoms. The lowest BCUT2D eigenvalue weighted by atomic mass is 9.91. The Hall–Kier alpha value is -4.24. The molecule has 0 atom stereocenters. The van der Waals surface area contributed by atoms with Crippen LogP contribution in [0.3, 0.4) is 0 Å². The number of rotatable bonds is 3. The molecular weight excluding hydrogens is 450 g/mol. The molecule has 6 aromatic rings. The van der Waals surface area contributed by atoms with Gasteiger partial charge in [0.1, 0.15) is 5.65 Å². The molecule has 0 spiro atoms. The second-order valence-electron chi connectivity index (χ2n) is 11.0. The summed E-state index contributed by atoms with van der Waals surface area (Å²) in [6.07, 6.45) is 1.89. The summed E-state index contributed by atoms with van der Waals surface area (Å²) in [4.78, 5) is 10.2. The molecule has 0 aliphatic rings. The highest BCUT2D eigenvalue weighted by molar-refractivity contribution is 6.00. The van der Waals surface area contributed by atoms with Crippen molar-refractivity contribution in [2.75, 3.05) is 0 Å². The summed E-state index contributed by atoms with van der Waals surface area (Å²) in [6, 6.07) is 28.3. The van der Waals surface area contributed by atoms with E-state index < -0.39 is 0 Å². The van der Waals surface area contributed by atoms with Gasteiger partial charge in [0.15, 0.2) is 0 Å². The summed E-state index contributed by atoms with van der Waals surface area (Å²) < 4.78 is 2.30. The largest absolute Gasteiger partial charge is 0.292 e. The third-order valence-electron chi connectivity index (χ3n) is 7.35. The molecule has 0 saturated heterocycles. The Bertz CT molecular complexity index is 1830. The Balaban J connectivity index is 1.62. The Morgan fingerprint density at radius 1 is 0.730 bits per heavy atom. The van der Waals surface area contributed by atoms with E-state index in [0.717, 1.165) is 50.1 Å². The van der Waals surface area contributed by atoms with Crippen LogP contribution in [-0.4, -0.2) is 14.4 Å². The molecule has 3 nitrogen and oxygen atoms in total. The van der Waals surface area contributed by atoms with Crippen LogP contribution in [0.2, 0.25) is 0 Å². The third kappa shape index (κ3) is 3.92. The summed E-state index contributed by atoms with van der Waals surface area (Å²) in [5.41, 5.74) is 13.3. The van der Waals surface area contributed by atoms with Crippen molar-refractivity contribution in [1.82, 2.24) is 14.4 Å². The van der Waals surface area contributed by atoms with Crippen molar-refractivity contribution < 1.29 is 0 Å². The van der Waals surface area contributed by atoms with Crippen LogP contribution in [0, 0.1) is 13.8 Å². The fourth-order valence-corrected chi connectivity index (χ4v) is 5.03. The highest BCUT2D eigenvalue weighted by atomic mass is 15.0. The van der Waals surface area contributed by atoms with Crippen LogP contribution >= 0.6 is 0 Å². The molecular formula is C34H31N3. The van der Waals surface area contributed by atoms with Gasteiger partial charge in [0.25, 0.3) is 0 Å². The Morgan fingerprint density at radius 3 is 2.19 bits per heavy atom. The minimum absolute atomic E-state index is 0.0313. The van der Waals surface area contributed by atoms with Crippen LogP contribution in [0.4, 0.5) is 0 Å². The predicted molar refractivity (Wildman–Crippen MR) is 157 cm³/mol. The molecule has 0 saturated carbocycles. The maximum absolute atomic E-state index is 5.12. The van der Waals surface area contributed by atoms with E-state index >= 15 is 0 Å². The number of fused-ring (bicyclic) bond motifs is 5. The zero-order chi connectivity index (χ0) is 25.9. The number of aromatic nitrogens is 3. The van der Waals surface area contributed by atoms with E-state index in [-0.39, 0.29) is 5.41 Å². The molecule has 0 unspecified atom stereocenters. The first-order valence-corrected chi connectivity index (χ1v) is 12.8. The molecule has 0 radical (unpaired) electrons. The van der Waals surface area contributed by atoms with Crippen LogP contribution in [0.15, 0.2) is 85.4 Å². The average Bonchev–Trinajstić information content (AvgIpc) is 3.26. The van der Waals surface area contributed by atoms with Crippen LogP contribution < -0.4 is 0 Å². The maximum Gasteiger partial charge on any atom is 0.147 e. The molecule has 3 heterocycles. The second kappa shape index (κ2) is 8.41. The topological polar surface area (TPSA) is 30.2 Å². The molecule has 6 rings (SSSR count). The molecule has 0 fully saturated rings. The number of benzene rings is 3. The molecule has 3 aromatic carbocycles. The van der Waals surface area contributed by atoms with Crippen LogP contribution in [0.25, 0.3) is 56.0 Å². The fourth-order valence-electron chi connectivity index (χ4n) is 5.03. The van der Waals surface area contributed by atoms with Crippen molar-refractivity contribution >= 4 is 33.7 Å². The van der Waals surface area contributed by atoms with E-state index in [0.29, 0.717) is 0 Å². The second-order valence-corrected chi connectivity index (χ2v) is 11.0. The zero-order valence-electron chi connectivity index (χ0n) is 22.1. The van der Waals surface area contributed by atoms with Gasteiger partial charge in [0.2, 0.25) is 0 Å². The van der Waals surface area contributed by atoms with Crippen molar-refractivity contribution in [2.24, 2.45) is 0 Å². The molecule has 3 aromatic heterocycles. The van der Waals surface area contributed by atoms with E-state index in [1.54, 1.807) is 0 Å². The number of imidazole rings is 1. The standard InChI is InChI=1S/C34H31N3/c1-7-23-9-8-10-26(19-23)24-11-13-25(14-12-24)30-20-28-27(15-16-32(35-28)34(4,5)6)33-36-29-17-21(2)22(3)18-31(29)37(30)33/h7-20H,1H2,2-6H3. The van der Waals surface area contributed by atoms with Gasteiger partial charge in [-0.25, -0.2) is 4.98 Å². The maximum atomic E-state index is 5.12. The number of nitrogens with zero attached hydrogens (tertiary/aromatic N) is 3. The van der Waals surface area contributed by atoms with E-state index in [4.69, 9.17) is 9.97 Å². The Labute approximate surface area is 218 Å². The Kier molecular flexibility index (Phi) is 5.27. The monoisotopic (exact) mass is 481 g/mol. The van der Waals surface area contributed by atoms with Gasteiger partial charge in [0, 0.05) is 16.5 Å². The predicted octanol–water partition coefficient (Wildman–Crippen LogP) is 8.93. The molecule has 0 aliphatic carbocycles. The fraction of sp³-hybridized carbons (Fsp3) is 0.176. The van der Waals surface area contributed by atoms with Crippen LogP contribution in [0.5, 0.6) is 0 Å². The van der Waals surface area contributed by atoms with Gasteiger partial charge in [-0.1, -0.05) is 75.9 Å². The first kappa shape index (κ1) is 23.2. The molecule has 182 valence electrons. The first-order chi connectivity index (χ1) is 17.7. The first-order valence-electron chi connectivity index (χ1n) is 12.8. The molecule has 0 aliphatic heterocycles. The summed E-state index contributed by atoms with van der Waals surface area (Å²) in [6.45, 7) is 14.8. The van der Waals surface area contributed by atoms with E-state index in [1.165, 1.54) is 22.3 Å². The highest BCUT2D eigenvalue weighted by Crippen LogP contribution is 2.34. The smallest absolute Gasteiger partial charge is 0.147 e. The molecule has 37 heavy (non-hydrogen) atoms. The lowest BCUT2D eigenvalue weighted by Gasteiger charge is -2.18. The van der Waals surface area contributed by atoms with Crippen molar-refractivity contribution in [3.05, 3.63) is 108 Å². The SMILES string of the molecule is C=Cc1cccc(-c2ccc(-c3cc4nc(C(C)(C)C)ccc4c4nc5cc(C)c(C)cc5n34)cc2)c1. The number of pyridine rings is 2. The van der Waals surface area contributed by atoms with Crippen LogP contribution in [0.1, 0.15) is 43.2 Å². The van der Waals surface area contributed by atoms with Crippen molar-refractivity contribution in [3.8, 4) is 22.4 Å². The quantitative estimate of drug-likeness (QED) is 0.252. The van der Waals surface area contributed by atoms with E-state index in [2.05, 4.69) is 124 Å². The minimum atomic E-state index is -0.0313. The van der Waals surface area contributed by atoms with Gasteiger partial charge < -0.3 is 0 Å². The minimum Gasteiger partial charge on any atom is -0.292 e. The van der Waals surface area contributed by atoms with Gasteiger partial charge in [-0.05, 0) is 83.6 Å². The molecule has 0 amide bonds. The summed E-state index contributed by atoms with van der Waals surface area (Å²) in [7, 11) is 0. The third-order valence-corrected chi connectivity index (χ3v) is 7.35. The highest BCUT2D eigenvalue weighted by Gasteiger charge is 2.19. The number of hydrogen-bond donors (Lipinski definition) is 0. The van der Waals surface area contributed by atoms with E-state index in [9.17, 15) is 0 Å². The number of aryl methyl sites for hydroxylation is 2. The lowest BCUT2D eigenvalue weighted by molar-refractivity contribution is 0.571. The zero-order valence-corrected chi connectivity index (χ0v) is 22.1. The van der Waals surface area contributed by atoms with Crippen molar-refractivity contribution in [3.63, 3.8) is 0 Å². The van der Waals surface area contributed by atoms with E-state index in [1.807, 2.05) is 6.08 Å². The van der Waals surface area contributed by atoms with Crippen molar-refractivity contribution in [1.29, 1.82) is 0 Å². The average molecular weight is 482 g/mol. The summed E-state index contributed by atoms with van der Waals surface area (Å²) in [5, 5.41) is 1.07. The normalized spacial score (nSPS) is 12.0. The van der Waals surface area contributed by atoms with Gasteiger partial charge in [-0.2, -0.15) is 0 Å². The van der Waals surface area contributed by atoms with Gasteiger partial charge >= 0.3 is 0 Å². The van der Waals surface area contributed by atoms with Gasteiger partial charge in [-0.3, -0.25) is 9.38 Å². The number of hydrogen-bond acceptors (Lipinski definition) is 2. The molecule has 0 bridgehead atoms. The summed E-state index contributed by atoms with van der Waals surface area (Å²) >= 11 is 0.